The smallest absolute Gasteiger partial charge is 0.141 e. The molecule has 0 spiro atoms. The molecule has 92 valence electrons. The summed E-state index contributed by atoms with van der Waals surface area (Å²) in [5, 5.41) is 0. The van der Waals surface area contributed by atoms with Gasteiger partial charge >= 0.3 is 0 Å². The highest BCUT2D eigenvalue weighted by molar-refractivity contribution is 9.10. The van der Waals surface area contributed by atoms with Gasteiger partial charge in [0.25, 0.3) is 0 Å². The third-order valence-electron chi connectivity index (χ3n) is 2.64. The third-order valence-corrected chi connectivity index (χ3v) is 3.90. The van der Waals surface area contributed by atoms with Crippen molar-refractivity contribution in [2.45, 2.75) is 12.8 Å². The molecule has 0 saturated heterocycles. The molecule has 0 aromatic heterocycles. The van der Waals surface area contributed by atoms with Crippen LogP contribution < -0.4 is 0 Å². The Kier molecular flexibility index (Phi) is 4.72. The number of carbonyl (C=O) groups is 1. The van der Waals surface area contributed by atoms with Crippen molar-refractivity contribution >= 4 is 37.6 Å². The van der Waals surface area contributed by atoms with E-state index in [1.165, 1.54) is 0 Å². The first-order valence-electron chi connectivity index (χ1n) is 5.65. The highest BCUT2D eigenvalue weighted by Gasteiger charge is 2.07. The van der Waals surface area contributed by atoms with Gasteiger partial charge in [0.1, 0.15) is 5.78 Å². The minimum atomic E-state index is 0.222. The number of halogens is 2. The molecule has 0 amide bonds. The van der Waals surface area contributed by atoms with E-state index in [1.807, 2.05) is 48.5 Å². The molecule has 2 rings (SSSR count). The molecule has 0 atom stereocenters. The van der Waals surface area contributed by atoms with Crippen molar-refractivity contribution in [3.63, 3.8) is 0 Å². The average molecular weight is 368 g/mol. The van der Waals surface area contributed by atoms with Gasteiger partial charge in [-0.1, -0.05) is 62.2 Å². The van der Waals surface area contributed by atoms with E-state index < -0.39 is 0 Å². The van der Waals surface area contributed by atoms with E-state index in [0.29, 0.717) is 12.8 Å². The molecule has 0 unspecified atom stereocenters. The molecule has 0 radical (unpaired) electrons. The average Bonchev–Trinajstić information content (AvgIpc) is 2.32. The van der Waals surface area contributed by atoms with Crippen molar-refractivity contribution in [2.75, 3.05) is 0 Å². The van der Waals surface area contributed by atoms with Crippen LogP contribution in [0, 0.1) is 0 Å². The second-order valence-electron chi connectivity index (χ2n) is 4.11. The normalized spacial score (nSPS) is 10.3. The lowest BCUT2D eigenvalue weighted by atomic mass is 10.0. The van der Waals surface area contributed by atoms with Crippen LogP contribution >= 0.6 is 31.9 Å². The van der Waals surface area contributed by atoms with Crippen LogP contribution in [-0.4, -0.2) is 5.78 Å². The van der Waals surface area contributed by atoms with Crippen LogP contribution in [0.5, 0.6) is 0 Å². The van der Waals surface area contributed by atoms with Gasteiger partial charge < -0.3 is 0 Å². The quantitative estimate of drug-likeness (QED) is 0.773. The topological polar surface area (TPSA) is 17.1 Å². The second-order valence-corrected chi connectivity index (χ2v) is 5.88. The Balaban J connectivity index is 2.03. The summed E-state index contributed by atoms with van der Waals surface area (Å²) in [6.45, 7) is 0. The maximum absolute atomic E-state index is 12.0. The predicted molar refractivity (Wildman–Crippen MR) is 80.7 cm³/mol. The molecule has 0 heterocycles. The number of hydrogen-bond acceptors (Lipinski definition) is 1. The summed E-state index contributed by atoms with van der Waals surface area (Å²) < 4.78 is 2.00. The number of benzene rings is 2. The molecular weight excluding hydrogens is 356 g/mol. The number of rotatable bonds is 4. The van der Waals surface area contributed by atoms with E-state index in [-0.39, 0.29) is 5.78 Å². The van der Waals surface area contributed by atoms with E-state index >= 15 is 0 Å². The molecule has 0 N–H and O–H groups in total. The standard InChI is InChI=1S/C15H12Br2O/c16-13-6-3-4-11(8-13)9-14(18)10-12-5-1-2-7-15(12)17/h1-8H,9-10H2. The summed E-state index contributed by atoms with van der Waals surface area (Å²) in [4.78, 5) is 12.0. The summed E-state index contributed by atoms with van der Waals surface area (Å²) in [7, 11) is 0. The zero-order valence-corrected chi connectivity index (χ0v) is 12.9. The summed E-state index contributed by atoms with van der Waals surface area (Å²) in [5.41, 5.74) is 2.08. The lowest BCUT2D eigenvalue weighted by Crippen LogP contribution is -2.06. The molecule has 0 aliphatic rings. The molecule has 2 aromatic carbocycles. The maximum atomic E-state index is 12.0. The minimum Gasteiger partial charge on any atom is -0.299 e. The Morgan fingerprint density at radius 3 is 2.44 bits per heavy atom. The van der Waals surface area contributed by atoms with Gasteiger partial charge in [0.2, 0.25) is 0 Å². The monoisotopic (exact) mass is 366 g/mol. The lowest BCUT2D eigenvalue weighted by molar-refractivity contribution is -0.117. The summed E-state index contributed by atoms with van der Waals surface area (Å²) >= 11 is 6.87. The van der Waals surface area contributed by atoms with Gasteiger partial charge in [-0.05, 0) is 29.3 Å². The van der Waals surface area contributed by atoms with Crippen molar-refractivity contribution in [1.29, 1.82) is 0 Å². The first-order chi connectivity index (χ1) is 8.65. The summed E-state index contributed by atoms with van der Waals surface area (Å²) in [6.07, 6.45) is 0.939. The minimum absolute atomic E-state index is 0.222. The van der Waals surface area contributed by atoms with Gasteiger partial charge in [-0.3, -0.25) is 4.79 Å². The van der Waals surface area contributed by atoms with E-state index in [2.05, 4.69) is 31.9 Å². The first-order valence-corrected chi connectivity index (χ1v) is 7.23. The van der Waals surface area contributed by atoms with E-state index in [4.69, 9.17) is 0 Å². The second kappa shape index (κ2) is 6.30. The number of ketones is 1. The fourth-order valence-electron chi connectivity index (χ4n) is 1.79. The largest absolute Gasteiger partial charge is 0.299 e. The van der Waals surface area contributed by atoms with Gasteiger partial charge in [0.05, 0.1) is 0 Å². The Morgan fingerprint density at radius 1 is 0.944 bits per heavy atom. The predicted octanol–water partition coefficient (Wildman–Crippen LogP) is 4.57. The van der Waals surface area contributed by atoms with Crippen molar-refractivity contribution in [2.24, 2.45) is 0 Å². The Hall–Kier alpha value is -0.930. The lowest BCUT2D eigenvalue weighted by Gasteiger charge is -2.04. The Morgan fingerprint density at radius 2 is 1.72 bits per heavy atom. The van der Waals surface area contributed by atoms with Crippen molar-refractivity contribution in [1.82, 2.24) is 0 Å². The van der Waals surface area contributed by atoms with E-state index in [1.54, 1.807) is 0 Å². The molecule has 0 aliphatic carbocycles. The molecule has 0 bridgehead atoms. The van der Waals surface area contributed by atoms with Crippen LogP contribution in [0.4, 0.5) is 0 Å². The van der Waals surface area contributed by atoms with Crippen molar-refractivity contribution < 1.29 is 4.79 Å². The van der Waals surface area contributed by atoms with Gasteiger partial charge in [-0.2, -0.15) is 0 Å². The fraction of sp³-hybridized carbons (Fsp3) is 0.133. The first kappa shape index (κ1) is 13.5. The van der Waals surface area contributed by atoms with E-state index in [0.717, 1.165) is 20.1 Å². The van der Waals surface area contributed by atoms with Crippen LogP contribution in [0.1, 0.15) is 11.1 Å². The van der Waals surface area contributed by atoms with Gasteiger partial charge in [0, 0.05) is 21.8 Å². The molecule has 0 saturated carbocycles. The maximum Gasteiger partial charge on any atom is 0.141 e. The number of carbonyl (C=O) groups excluding carboxylic acids is 1. The van der Waals surface area contributed by atoms with Crippen LogP contribution in [0.2, 0.25) is 0 Å². The molecule has 3 heteroatoms. The third kappa shape index (κ3) is 3.79. The van der Waals surface area contributed by atoms with Gasteiger partial charge in [-0.25, -0.2) is 0 Å². The van der Waals surface area contributed by atoms with Crippen molar-refractivity contribution in [3.8, 4) is 0 Å². The molecular formula is C15H12Br2O. The Labute approximate surface area is 123 Å². The fourth-order valence-corrected chi connectivity index (χ4v) is 2.66. The zero-order valence-electron chi connectivity index (χ0n) is 9.70. The highest BCUT2D eigenvalue weighted by Crippen LogP contribution is 2.18. The van der Waals surface area contributed by atoms with Crippen LogP contribution in [-0.2, 0) is 17.6 Å². The highest BCUT2D eigenvalue weighted by atomic mass is 79.9. The SMILES string of the molecule is O=C(Cc1cccc(Br)c1)Cc1ccccc1Br. The zero-order chi connectivity index (χ0) is 13.0. The van der Waals surface area contributed by atoms with E-state index in [9.17, 15) is 4.79 Å². The van der Waals surface area contributed by atoms with Crippen LogP contribution in [0.15, 0.2) is 57.5 Å². The number of Topliss-reactive ketones (excluding diaryl/α,β-unsaturated/α-hetero) is 1. The van der Waals surface area contributed by atoms with Crippen LogP contribution in [0.25, 0.3) is 0 Å². The molecule has 18 heavy (non-hydrogen) atoms. The molecule has 1 nitrogen and oxygen atoms in total. The molecule has 0 fully saturated rings. The summed E-state index contributed by atoms with van der Waals surface area (Å²) in [6, 6.07) is 15.7. The van der Waals surface area contributed by atoms with Crippen LogP contribution in [0.3, 0.4) is 0 Å². The number of hydrogen-bond donors (Lipinski definition) is 0. The van der Waals surface area contributed by atoms with Crippen molar-refractivity contribution in [3.05, 3.63) is 68.6 Å². The Bertz CT molecular complexity index is 564. The van der Waals surface area contributed by atoms with Gasteiger partial charge in [-0.15, -0.1) is 0 Å². The summed E-state index contributed by atoms with van der Waals surface area (Å²) in [5.74, 6) is 0.222. The van der Waals surface area contributed by atoms with Gasteiger partial charge in [0.15, 0.2) is 0 Å². The molecule has 0 aliphatic heterocycles. The molecule has 2 aromatic rings.